The molecule has 4 aromatic rings. The van der Waals surface area contributed by atoms with E-state index in [9.17, 15) is 4.79 Å². The average molecular weight is 613 g/mol. The quantitative estimate of drug-likeness (QED) is 0.197. The van der Waals surface area contributed by atoms with Crippen molar-refractivity contribution in [2.75, 3.05) is 7.11 Å². The molecule has 1 heterocycles. The zero-order valence-corrected chi connectivity index (χ0v) is 23.8. The molecule has 36 heavy (non-hydrogen) atoms. The van der Waals surface area contributed by atoms with Gasteiger partial charge < -0.3 is 9.47 Å². The molecule has 0 saturated heterocycles. The number of ether oxygens (including phenoxy) is 2. The minimum atomic E-state index is -0.211. The first-order valence-corrected chi connectivity index (χ1v) is 13.2. The van der Waals surface area contributed by atoms with Gasteiger partial charge in [0.1, 0.15) is 12.4 Å². The highest BCUT2D eigenvalue weighted by molar-refractivity contribution is 9.10. The van der Waals surface area contributed by atoms with Crippen molar-refractivity contribution in [3.63, 3.8) is 0 Å². The Bertz CT molecular complexity index is 1480. The van der Waals surface area contributed by atoms with Crippen LogP contribution in [0, 0.1) is 6.92 Å². The van der Waals surface area contributed by atoms with Gasteiger partial charge in [-0.2, -0.15) is 9.78 Å². The molecule has 0 N–H and O–H groups in total. The van der Waals surface area contributed by atoms with Crippen molar-refractivity contribution >= 4 is 49.0 Å². The molecule has 6 nitrogen and oxygen atoms in total. The number of aryl methyl sites for hydroxylation is 1. The van der Waals surface area contributed by atoms with Gasteiger partial charge in [-0.15, -0.1) is 0 Å². The average Bonchev–Trinajstić information content (AvgIpc) is 2.87. The fourth-order valence-corrected chi connectivity index (χ4v) is 4.63. The maximum atomic E-state index is 13.4. The highest BCUT2D eigenvalue weighted by Crippen LogP contribution is 2.37. The number of nitrogens with zero attached hydrogens (tertiary/aromatic N) is 3. The van der Waals surface area contributed by atoms with Crippen LogP contribution in [-0.4, -0.2) is 23.0 Å². The zero-order valence-electron chi connectivity index (χ0n) is 20.6. The fraction of sp³-hybridized carbons (Fsp3) is 0.250. The molecule has 0 amide bonds. The van der Waals surface area contributed by atoms with Crippen molar-refractivity contribution in [2.24, 2.45) is 5.10 Å². The second-order valence-corrected chi connectivity index (χ2v) is 10.4. The van der Waals surface area contributed by atoms with Gasteiger partial charge in [-0.05, 0) is 70.7 Å². The third-order valence-electron chi connectivity index (χ3n) is 5.96. The normalized spacial score (nSPS) is 12.3. The molecule has 0 aliphatic carbocycles. The van der Waals surface area contributed by atoms with E-state index >= 15 is 0 Å². The number of benzene rings is 3. The number of rotatable bonds is 8. The fourth-order valence-electron chi connectivity index (χ4n) is 3.70. The number of hydrogen-bond acceptors (Lipinski definition) is 5. The Kier molecular flexibility index (Phi) is 8.26. The summed E-state index contributed by atoms with van der Waals surface area (Å²) in [6.45, 7) is 6.57. The monoisotopic (exact) mass is 611 g/mol. The summed E-state index contributed by atoms with van der Waals surface area (Å²) >= 11 is 7.05. The summed E-state index contributed by atoms with van der Waals surface area (Å²) in [5.41, 5.74) is 3.46. The molecule has 3 aromatic carbocycles. The molecule has 4 rings (SSSR count). The second-order valence-electron chi connectivity index (χ2n) is 8.61. The summed E-state index contributed by atoms with van der Waals surface area (Å²) in [7, 11) is 1.60. The highest BCUT2D eigenvalue weighted by Gasteiger charge is 2.16. The largest absolute Gasteiger partial charge is 0.493 e. The molecule has 0 spiro atoms. The Balaban J connectivity index is 1.69. The van der Waals surface area contributed by atoms with E-state index in [1.807, 2.05) is 43.3 Å². The zero-order chi connectivity index (χ0) is 25.8. The summed E-state index contributed by atoms with van der Waals surface area (Å²) in [5, 5.41) is 5.06. The van der Waals surface area contributed by atoms with E-state index < -0.39 is 0 Å². The van der Waals surface area contributed by atoms with E-state index in [1.165, 1.54) is 10.2 Å². The van der Waals surface area contributed by atoms with Crippen LogP contribution in [0.3, 0.4) is 0 Å². The lowest BCUT2D eigenvalue weighted by Crippen LogP contribution is -2.23. The Morgan fingerprint density at radius 3 is 2.56 bits per heavy atom. The maximum Gasteiger partial charge on any atom is 0.282 e. The lowest BCUT2D eigenvalue weighted by Gasteiger charge is -2.15. The third kappa shape index (κ3) is 5.71. The van der Waals surface area contributed by atoms with Crippen LogP contribution in [0.5, 0.6) is 11.5 Å². The van der Waals surface area contributed by atoms with Crippen LogP contribution in [0.25, 0.3) is 10.9 Å². The Hall–Kier alpha value is -2.97. The first kappa shape index (κ1) is 26.1. The van der Waals surface area contributed by atoms with Crippen molar-refractivity contribution in [1.82, 2.24) is 9.66 Å². The molecular formula is C28H27Br2N3O3. The lowest BCUT2D eigenvalue weighted by atomic mass is 10.1. The summed E-state index contributed by atoms with van der Waals surface area (Å²) in [4.78, 5) is 18.1. The molecule has 0 fully saturated rings. The minimum absolute atomic E-state index is 0.0571. The molecule has 8 heteroatoms. The number of aromatic nitrogens is 2. The predicted molar refractivity (Wildman–Crippen MR) is 152 cm³/mol. The van der Waals surface area contributed by atoms with Crippen LogP contribution in [0.4, 0.5) is 0 Å². The first-order valence-electron chi connectivity index (χ1n) is 11.6. The van der Waals surface area contributed by atoms with E-state index in [1.54, 1.807) is 19.4 Å². The molecule has 0 saturated carbocycles. The van der Waals surface area contributed by atoms with E-state index in [0.717, 1.165) is 26.5 Å². The maximum absolute atomic E-state index is 13.4. The van der Waals surface area contributed by atoms with E-state index in [-0.39, 0.29) is 11.5 Å². The van der Waals surface area contributed by atoms with Crippen LogP contribution in [0.2, 0.25) is 0 Å². The summed E-state index contributed by atoms with van der Waals surface area (Å²) in [6.07, 6.45) is 2.46. The van der Waals surface area contributed by atoms with Gasteiger partial charge in [0.25, 0.3) is 5.56 Å². The van der Waals surface area contributed by atoms with Crippen molar-refractivity contribution < 1.29 is 9.47 Å². The number of hydrogen-bond donors (Lipinski definition) is 0. The Morgan fingerprint density at radius 2 is 1.86 bits per heavy atom. The van der Waals surface area contributed by atoms with Crippen molar-refractivity contribution in [3.8, 4) is 11.5 Å². The van der Waals surface area contributed by atoms with Crippen molar-refractivity contribution in [2.45, 2.75) is 39.7 Å². The van der Waals surface area contributed by atoms with Gasteiger partial charge in [0.15, 0.2) is 11.5 Å². The summed E-state index contributed by atoms with van der Waals surface area (Å²) in [6, 6.07) is 17.4. The predicted octanol–water partition coefficient (Wildman–Crippen LogP) is 7.21. The van der Waals surface area contributed by atoms with Crippen LogP contribution in [0.15, 0.2) is 73.4 Å². The minimum Gasteiger partial charge on any atom is -0.493 e. The highest BCUT2D eigenvalue weighted by atomic mass is 79.9. The van der Waals surface area contributed by atoms with Crippen LogP contribution < -0.4 is 15.0 Å². The smallest absolute Gasteiger partial charge is 0.282 e. The third-order valence-corrected chi connectivity index (χ3v) is 7.05. The van der Waals surface area contributed by atoms with E-state index in [0.29, 0.717) is 34.8 Å². The molecule has 0 radical (unpaired) electrons. The standard InChI is InChI=1S/C28H27Br2N3O3/c1-5-18(3)27-32-24-11-10-21(29)14-22(24)28(34)33(27)31-15-20-12-23(30)26(25(13-20)35-4)36-16-19-8-6-17(2)7-9-19/h6-15,18H,5,16H2,1-4H3/t18-/m1/s1. The lowest BCUT2D eigenvalue weighted by molar-refractivity contribution is 0.282. The van der Waals surface area contributed by atoms with Gasteiger partial charge in [0, 0.05) is 10.4 Å². The number of fused-ring (bicyclic) bond motifs is 1. The van der Waals surface area contributed by atoms with Crippen molar-refractivity contribution in [3.05, 3.63) is 96.4 Å². The number of halogens is 2. The molecule has 0 aliphatic rings. The van der Waals surface area contributed by atoms with Gasteiger partial charge in [-0.25, -0.2) is 4.98 Å². The topological polar surface area (TPSA) is 65.7 Å². The van der Waals surface area contributed by atoms with Crippen LogP contribution in [-0.2, 0) is 6.61 Å². The molecule has 0 bridgehead atoms. The number of methoxy groups -OCH3 is 1. The van der Waals surface area contributed by atoms with Crippen LogP contribution >= 0.6 is 31.9 Å². The molecule has 1 atom stereocenters. The molecule has 0 unspecified atom stereocenters. The van der Waals surface area contributed by atoms with E-state index in [2.05, 4.69) is 62.9 Å². The Morgan fingerprint density at radius 1 is 1.11 bits per heavy atom. The molecule has 0 aliphatic heterocycles. The Labute approximate surface area is 227 Å². The molecular weight excluding hydrogens is 586 g/mol. The molecule has 186 valence electrons. The van der Waals surface area contributed by atoms with Crippen molar-refractivity contribution in [1.29, 1.82) is 0 Å². The SMILES string of the molecule is CC[C@@H](C)c1nc2ccc(Br)cc2c(=O)n1N=Cc1cc(Br)c(OCc2ccc(C)cc2)c(OC)c1. The first-order chi connectivity index (χ1) is 17.3. The second kappa shape index (κ2) is 11.4. The van der Waals surface area contributed by atoms with Gasteiger partial charge in [-0.1, -0.05) is 59.6 Å². The van der Waals surface area contributed by atoms with Gasteiger partial charge in [-0.3, -0.25) is 4.79 Å². The van der Waals surface area contributed by atoms with Gasteiger partial charge in [0.2, 0.25) is 0 Å². The van der Waals surface area contributed by atoms with E-state index in [4.69, 9.17) is 14.5 Å². The van der Waals surface area contributed by atoms with Gasteiger partial charge >= 0.3 is 0 Å². The van der Waals surface area contributed by atoms with Gasteiger partial charge in [0.05, 0.1) is 28.7 Å². The summed E-state index contributed by atoms with van der Waals surface area (Å²) < 4.78 is 14.6. The summed E-state index contributed by atoms with van der Waals surface area (Å²) in [5.74, 6) is 1.84. The molecule has 1 aromatic heterocycles. The van der Waals surface area contributed by atoms with Crippen LogP contribution in [0.1, 0.15) is 48.7 Å².